The Balaban J connectivity index is 0.00000324. The summed E-state index contributed by atoms with van der Waals surface area (Å²) in [6.07, 6.45) is 2.34. The SMILES string of the molecule is CCCCNC(=NC)NCc1c(C)nn(C)c1C.I. The number of hydrogen-bond acceptors (Lipinski definition) is 2. The molecule has 0 aromatic carbocycles. The Morgan fingerprint density at radius 2 is 2.00 bits per heavy atom. The molecule has 0 spiro atoms. The first-order valence-corrected chi connectivity index (χ1v) is 6.53. The summed E-state index contributed by atoms with van der Waals surface area (Å²) in [6.45, 7) is 8.03. The predicted octanol–water partition coefficient (Wildman–Crippen LogP) is 2.12. The number of guanidine groups is 1. The van der Waals surface area contributed by atoms with E-state index in [0.29, 0.717) is 0 Å². The first-order chi connectivity index (χ1) is 8.60. The molecule has 0 aliphatic heterocycles. The van der Waals surface area contributed by atoms with Crippen LogP contribution < -0.4 is 10.6 Å². The number of rotatable bonds is 5. The lowest BCUT2D eigenvalue weighted by atomic mass is 10.2. The zero-order chi connectivity index (χ0) is 13.5. The van der Waals surface area contributed by atoms with Gasteiger partial charge in [0.05, 0.1) is 5.69 Å². The van der Waals surface area contributed by atoms with Crippen LogP contribution in [0.3, 0.4) is 0 Å². The lowest BCUT2D eigenvalue weighted by Crippen LogP contribution is -2.37. The van der Waals surface area contributed by atoms with Gasteiger partial charge in [-0.2, -0.15) is 5.10 Å². The quantitative estimate of drug-likeness (QED) is 0.357. The third kappa shape index (κ3) is 5.38. The number of nitrogens with one attached hydrogen (secondary N) is 2. The minimum Gasteiger partial charge on any atom is -0.356 e. The maximum Gasteiger partial charge on any atom is 0.191 e. The Morgan fingerprint density at radius 1 is 1.32 bits per heavy atom. The van der Waals surface area contributed by atoms with Crippen molar-refractivity contribution in [2.24, 2.45) is 12.0 Å². The van der Waals surface area contributed by atoms with Gasteiger partial charge in [-0.25, -0.2) is 0 Å². The highest BCUT2D eigenvalue weighted by molar-refractivity contribution is 14.0. The first-order valence-electron chi connectivity index (χ1n) is 6.53. The number of hydrogen-bond donors (Lipinski definition) is 2. The van der Waals surface area contributed by atoms with Gasteiger partial charge in [-0.3, -0.25) is 9.67 Å². The zero-order valence-electron chi connectivity index (χ0n) is 12.6. The molecule has 0 amide bonds. The van der Waals surface area contributed by atoms with Gasteiger partial charge in [0.2, 0.25) is 0 Å². The summed E-state index contributed by atoms with van der Waals surface area (Å²) in [5.41, 5.74) is 3.52. The second-order valence-corrected chi connectivity index (χ2v) is 4.48. The van der Waals surface area contributed by atoms with Crippen molar-refractivity contribution in [2.75, 3.05) is 13.6 Å². The number of aliphatic imine (C=N–C) groups is 1. The summed E-state index contributed by atoms with van der Waals surface area (Å²) in [5, 5.41) is 11.0. The van der Waals surface area contributed by atoms with Crippen LogP contribution in [0, 0.1) is 13.8 Å². The molecule has 2 N–H and O–H groups in total. The van der Waals surface area contributed by atoms with Crippen LogP contribution in [-0.4, -0.2) is 29.3 Å². The van der Waals surface area contributed by atoms with Gasteiger partial charge >= 0.3 is 0 Å². The van der Waals surface area contributed by atoms with E-state index >= 15 is 0 Å². The average Bonchev–Trinajstić information content (AvgIpc) is 2.59. The van der Waals surface area contributed by atoms with E-state index in [-0.39, 0.29) is 24.0 Å². The van der Waals surface area contributed by atoms with Gasteiger partial charge in [-0.15, -0.1) is 24.0 Å². The van der Waals surface area contributed by atoms with E-state index in [1.165, 1.54) is 17.7 Å². The molecule has 1 aromatic heterocycles. The van der Waals surface area contributed by atoms with E-state index in [1.54, 1.807) is 7.05 Å². The van der Waals surface area contributed by atoms with E-state index in [2.05, 4.69) is 34.6 Å². The van der Waals surface area contributed by atoms with Crippen LogP contribution in [0.5, 0.6) is 0 Å². The Labute approximate surface area is 133 Å². The van der Waals surface area contributed by atoms with Crippen molar-refractivity contribution in [2.45, 2.75) is 40.2 Å². The molecule has 0 atom stereocenters. The third-order valence-electron chi connectivity index (χ3n) is 3.14. The zero-order valence-corrected chi connectivity index (χ0v) is 14.9. The van der Waals surface area contributed by atoms with Gasteiger partial charge in [0.1, 0.15) is 0 Å². The standard InChI is InChI=1S/C13H25N5.HI/c1-6-7-8-15-13(14-4)16-9-12-10(2)17-18(5)11(12)3;/h6-9H2,1-5H3,(H2,14,15,16);1H. The first kappa shape index (κ1) is 18.2. The molecule has 1 aromatic rings. The van der Waals surface area contributed by atoms with Gasteiger partial charge < -0.3 is 10.6 Å². The summed E-state index contributed by atoms with van der Waals surface area (Å²) in [5.74, 6) is 0.853. The summed E-state index contributed by atoms with van der Waals surface area (Å²) in [7, 11) is 3.77. The fraction of sp³-hybridized carbons (Fsp3) is 0.692. The summed E-state index contributed by atoms with van der Waals surface area (Å²) in [6, 6.07) is 0. The fourth-order valence-corrected chi connectivity index (χ4v) is 1.85. The lowest BCUT2D eigenvalue weighted by molar-refractivity contribution is 0.722. The lowest BCUT2D eigenvalue weighted by Gasteiger charge is -2.11. The van der Waals surface area contributed by atoms with E-state index in [0.717, 1.165) is 31.2 Å². The molecule has 1 heterocycles. The van der Waals surface area contributed by atoms with Crippen LogP contribution in [0.15, 0.2) is 4.99 Å². The van der Waals surface area contributed by atoms with Crippen molar-refractivity contribution in [3.8, 4) is 0 Å². The van der Waals surface area contributed by atoms with E-state index < -0.39 is 0 Å². The average molecular weight is 379 g/mol. The second kappa shape index (κ2) is 9.17. The minimum atomic E-state index is 0. The molecule has 0 aliphatic carbocycles. The van der Waals surface area contributed by atoms with E-state index in [1.807, 2.05) is 18.7 Å². The van der Waals surface area contributed by atoms with Crippen molar-refractivity contribution in [3.05, 3.63) is 17.0 Å². The van der Waals surface area contributed by atoms with Crippen LogP contribution in [-0.2, 0) is 13.6 Å². The summed E-state index contributed by atoms with van der Waals surface area (Å²) < 4.78 is 1.92. The Hall–Kier alpha value is -0.790. The van der Waals surface area contributed by atoms with E-state index in [4.69, 9.17) is 0 Å². The highest BCUT2D eigenvalue weighted by Crippen LogP contribution is 2.10. The highest BCUT2D eigenvalue weighted by Gasteiger charge is 2.09. The molecular formula is C13H26IN5. The normalized spacial score (nSPS) is 11.1. The van der Waals surface area contributed by atoms with Gasteiger partial charge in [0.25, 0.3) is 0 Å². The van der Waals surface area contributed by atoms with Gasteiger partial charge in [0, 0.05) is 38.4 Å². The van der Waals surface area contributed by atoms with Crippen LogP contribution in [0.4, 0.5) is 0 Å². The maximum absolute atomic E-state index is 4.41. The van der Waals surface area contributed by atoms with Crippen molar-refractivity contribution in [1.82, 2.24) is 20.4 Å². The Morgan fingerprint density at radius 3 is 2.47 bits per heavy atom. The van der Waals surface area contributed by atoms with Crippen molar-refractivity contribution < 1.29 is 0 Å². The number of aryl methyl sites for hydroxylation is 2. The molecule has 5 nitrogen and oxygen atoms in total. The van der Waals surface area contributed by atoms with Gasteiger partial charge in [-0.05, 0) is 20.3 Å². The van der Waals surface area contributed by atoms with Crippen LogP contribution in [0.25, 0.3) is 0 Å². The van der Waals surface area contributed by atoms with Crippen molar-refractivity contribution in [3.63, 3.8) is 0 Å². The van der Waals surface area contributed by atoms with Crippen LogP contribution in [0.2, 0.25) is 0 Å². The van der Waals surface area contributed by atoms with Gasteiger partial charge in [0.15, 0.2) is 5.96 Å². The van der Waals surface area contributed by atoms with Crippen LogP contribution >= 0.6 is 24.0 Å². The monoisotopic (exact) mass is 379 g/mol. The number of aromatic nitrogens is 2. The summed E-state index contributed by atoms with van der Waals surface area (Å²) in [4.78, 5) is 4.21. The Bertz CT molecular complexity index is 411. The molecular weight excluding hydrogens is 353 g/mol. The number of unbranched alkanes of at least 4 members (excludes halogenated alkanes) is 1. The molecule has 6 heteroatoms. The molecule has 0 radical (unpaired) electrons. The molecule has 1 rings (SSSR count). The Kier molecular flexibility index (Phi) is 8.79. The fourth-order valence-electron chi connectivity index (χ4n) is 1.85. The van der Waals surface area contributed by atoms with Crippen molar-refractivity contribution >= 4 is 29.9 Å². The summed E-state index contributed by atoms with van der Waals surface area (Å²) >= 11 is 0. The number of halogens is 1. The number of nitrogens with zero attached hydrogens (tertiary/aromatic N) is 3. The molecule has 0 bridgehead atoms. The highest BCUT2D eigenvalue weighted by atomic mass is 127. The third-order valence-corrected chi connectivity index (χ3v) is 3.14. The molecule has 110 valence electrons. The molecule has 0 aliphatic rings. The molecule has 0 saturated heterocycles. The maximum atomic E-state index is 4.41. The van der Waals surface area contributed by atoms with Crippen LogP contribution in [0.1, 0.15) is 36.7 Å². The molecule has 0 saturated carbocycles. The predicted molar refractivity (Wildman–Crippen MR) is 91.2 cm³/mol. The second-order valence-electron chi connectivity index (χ2n) is 4.48. The smallest absolute Gasteiger partial charge is 0.191 e. The largest absolute Gasteiger partial charge is 0.356 e. The van der Waals surface area contributed by atoms with Gasteiger partial charge in [-0.1, -0.05) is 13.3 Å². The molecule has 0 unspecified atom stereocenters. The van der Waals surface area contributed by atoms with E-state index in [9.17, 15) is 0 Å². The topological polar surface area (TPSA) is 54.2 Å². The molecule has 19 heavy (non-hydrogen) atoms. The minimum absolute atomic E-state index is 0. The molecule has 0 fully saturated rings. The van der Waals surface area contributed by atoms with Crippen molar-refractivity contribution in [1.29, 1.82) is 0 Å².